The summed E-state index contributed by atoms with van der Waals surface area (Å²) in [6.07, 6.45) is 3.14. The maximum atomic E-state index is 12.1. The third kappa shape index (κ3) is 7.14. The molecule has 0 saturated carbocycles. The Kier molecular flexibility index (Phi) is 7.92. The van der Waals surface area contributed by atoms with Crippen molar-refractivity contribution in [1.29, 1.82) is 0 Å². The predicted molar refractivity (Wildman–Crippen MR) is 116 cm³/mol. The molecule has 3 aromatic rings. The molecule has 1 heterocycles. The molecule has 2 aromatic carbocycles. The van der Waals surface area contributed by atoms with Gasteiger partial charge < -0.3 is 15.7 Å². The second-order valence-electron chi connectivity index (χ2n) is 6.95. The van der Waals surface area contributed by atoms with Crippen molar-refractivity contribution in [1.82, 2.24) is 10.3 Å². The summed E-state index contributed by atoms with van der Waals surface area (Å²) in [5.41, 5.74) is 3.82. The first-order chi connectivity index (χ1) is 14.2. The van der Waals surface area contributed by atoms with E-state index >= 15 is 0 Å². The lowest BCUT2D eigenvalue weighted by Gasteiger charge is -2.12. The molecule has 0 aliphatic carbocycles. The first kappa shape index (κ1) is 20.7. The number of rotatable bonds is 10. The van der Waals surface area contributed by atoms with Crippen LogP contribution >= 0.6 is 0 Å². The number of carbonyl (C=O) groups excluding carboxylic acids is 1. The molecular formula is C24H27N3O2. The number of aliphatic hydroxyl groups excluding tert-OH is 1. The van der Waals surface area contributed by atoms with Crippen LogP contribution in [-0.4, -0.2) is 29.1 Å². The quantitative estimate of drug-likeness (QED) is 0.464. The molecule has 0 aliphatic heterocycles. The normalized spacial score (nSPS) is 11.8. The molecule has 150 valence electrons. The number of nitrogens with zero attached hydrogens (tertiary/aromatic N) is 1. The Morgan fingerprint density at radius 2 is 1.69 bits per heavy atom. The lowest BCUT2D eigenvalue weighted by atomic mass is 10.1. The highest BCUT2D eigenvalue weighted by molar-refractivity contribution is 5.90. The summed E-state index contributed by atoms with van der Waals surface area (Å²) in [5, 5.41) is 16.4. The Bertz CT molecular complexity index is 868. The van der Waals surface area contributed by atoms with E-state index in [1.165, 1.54) is 5.56 Å². The number of aliphatic hydroxyl groups is 1. The van der Waals surface area contributed by atoms with Crippen LogP contribution in [-0.2, 0) is 17.6 Å². The van der Waals surface area contributed by atoms with Crippen LogP contribution in [0.4, 0.5) is 5.69 Å². The highest BCUT2D eigenvalue weighted by atomic mass is 16.3. The van der Waals surface area contributed by atoms with Gasteiger partial charge in [0.2, 0.25) is 5.91 Å². The number of nitrogens with one attached hydrogen (secondary N) is 2. The fourth-order valence-corrected chi connectivity index (χ4v) is 3.03. The van der Waals surface area contributed by atoms with Crippen LogP contribution in [0.3, 0.4) is 0 Å². The Morgan fingerprint density at radius 1 is 0.931 bits per heavy atom. The fraction of sp³-hybridized carbons (Fsp3) is 0.250. The fourth-order valence-electron chi connectivity index (χ4n) is 3.03. The molecule has 0 radical (unpaired) electrons. The molecule has 0 spiro atoms. The van der Waals surface area contributed by atoms with Crippen molar-refractivity contribution in [2.24, 2.45) is 0 Å². The summed E-state index contributed by atoms with van der Waals surface area (Å²) >= 11 is 0. The number of aromatic nitrogens is 1. The maximum absolute atomic E-state index is 12.1. The highest BCUT2D eigenvalue weighted by Crippen LogP contribution is 2.12. The number of hydrogen-bond acceptors (Lipinski definition) is 4. The average molecular weight is 389 g/mol. The van der Waals surface area contributed by atoms with Crippen LogP contribution < -0.4 is 10.6 Å². The van der Waals surface area contributed by atoms with Gasteiger partial charge in [-0.05, 0) is 54.8 Å². The molecule has 29 heavy (non-hydrogen) atoms. The molecule has 1 atom stereocenters. The van der Waals surface area contributed by atoms with Crippen LogP contribution in [0.2, 0.25) is 0 Å². The number of hydrogen-bond donors (Lipinski definition) is 3. The highest BCUT2D eigenvalue weighted by Gasteiger charge is 2.06. The molecule has 3 rings (SSSR count). The molecule has 0 saturated heterocycles. The Hall–Kier alpha value is -3.02. The number of anilines is 1. The number of benzene rings is 2. The second kappa shape index (κ2) is 11.1. The Morgan fingerprint density at radius 3 is 2.41 bits per heavy atom. The van der Waals surface area contributed by atoms with E-state index in [4.69, 9.17) is 0 Å². The Balaban J connectivity index is 1.35. The minimum atomic E-state index is -0.500. The van der Waals surface area contributed by atoms with Crippen LogP contribution in [0.5, 0.6) is 0 Å². The molecule has 1 unspecified atom stereocenters. The number of aryl methyl sites for hydroxylation is 1. The van der Waals surface area contributed by atoms with E-state index in [1.807, 2.05) is 72.8 Å². The van der Waals surface area contributed by atoms with Crippen molar-refractivity contribution in [3.05, 3.63) is 95.8 Å². The van der Waals surface area contributed by atoms with E-state index in [9.17, 15) is 9.90 Å². The largest absolute Gasteiger partial charge is 0.387 e. The van der Waals surface area contributed by atoms with Crippen LogP contribution in [0, 0.1) is 0 Å². The smallest absolute Gasteiger partial charge is 0.224 e. The van der Waals surface area contributed by atoms with Crippen LogP contribution in [0.15, 0.2) is 79.0 Å². The second-order valence-corrected chi connectivity index (χ2v) is 6.95. The van der Waals surface area contributed by atoms with E-state index in [1.54, 1.807) is 6.20 Å². The van der Waals surface area contributed by atoms with Gasteiger partial charge in [0.1, 0.15) is 0 Å². The SMILES string of the molecule is O=C(CCc1ccccn1)Nc1ccc(CCNCC(O)c2ccccc2)cc1. The third-order valence-electron chi connectivity index (χ3n) is 4.68. The molecule has 5 nitrogen and oxygen atoms in total. The van der Waals surface area contributed by atoms with Gasteiger partial charge in [-0.3, -0.25) is 9.78 Å². The molecular weight excluding hydrogens is 362 g/mol. The van der Waals surface area contributed by atoms with Crippen LogP contribution in [0.25, 0.3) is 0 Å². The van der Waals surface area contributed by atoms with E-state index in [-0.39, 0.29) is 5.91 Å². The predicted octanol–water partition coefficient (Wildman–Crippen LogP) is 3.52. The van der Waals surface area contributed by atoms with Gasteiger partial charge in [-0.1, -0.05) is 48.5 Å². The average Bonchev–Trinajstić information content (AvgIpc) is 2.77. The van der Waals surface area contributed by atoms with Crippen molar-refractivity contribution in [2.45, 2.75) is 25.4 Å². The van der Waals surface area contributed by atoms with E-state index < -0.39 is 6.10 Å². The third-order valence-corrected chi connectivity index (χ3v) is 4.68. The zero-order chi connectivity index (χ0) is 20.3. The molecule has 1 aromatic heterocycles. The molecule has 0 aliphatic rings. The molecule has 5 heteroatoms. The summed E-state index contributed by atoms with van der Waals surface area (Å²) in [4.78, 5) is 16.3. The first-order valence-corrected chi connectivity index (χ1v) is 9.93. The molecule has 0 fully saturated rings. The molecule has 0 bridgehead atoms. The van der Waals surface area contributed by atoms with Gasteiger partial charge in [0, 0.05) is 30.5 Å². The Labute approximate surface area is 171 Å². The van der Waals surface area contributed by atoms with Gasteiger partial charge in [-0.25, -0.2) is 0 Å². The van der Waals surface area contributed by atoms with Crippen molar-refractivity contribution in [3.8, 4) is 0 Å². The molecule has 3 N–H and O–H groups in total. The minimum absolute atomic E-state index is 0.0139. The van der Waals surface area contributed by atoms with Crippen molar-refractivity contribution < 1.29 is 9.90 Å². The summed E-state index contributed by atoms with van der Waals surface area (Å²) in [6, 6.07) is 23.3. The monoisotopic (exact) mass is 389 g/mol. The maximum Gasteiger partial charge on any atom is 0.224 e. The van der Waals surface area contributed by atoms with Gasteiger partial charge in [-0.15, -0.1) is 0 Å². The number of pyridine rings is 1. The van der Waals surface area contributed by atoms with Gasteiger partial charge >= 0.3 is 0 Å². The summed E-state index contributed by atoms with van der Waals surface area (Å²) in [5.74, 6) is -0.0139. The van der Waals surface area contributed by atoms with E-state index in [0.717, 1.165) is 29.9 Å². The lowest BCUT2D eigenvalue weighted by molar-refractivity contribution is -0.116. The van der Waals surface area contributed by atoms with Crippen molar-refractivity contribution >= 4 is 11.6 Å². The van der Waals surface area contributed by atoms with E-state index in [0.29, 0.717) is 19.4 Å². The number of carbonyl (C=O) groups is 1. The minimum Gasteiger partial charge on any atom is -0.387 e. The first-order valence-electron chi connectivity index (χ1n) is 9.93. The van der Waals surface area contributed by atoms with Gasteiger partial charge in [0.25, 0.3) is 0 Å². The number of amides is 1. The summed E-state index contributed by atoms with van der Waals surface area (Å²) < 4.78 is 0. The van der Waals surface area contributed by atoms with Gasteiger partial charge in [0.05, 0.1) is 6.10 Å². The zero-order valence-electron chi connectivity index (χ0n) is 16.4. The van der Waals surface area contributed by atoms with Crippen molar-refractivity contribution in [2.75, 3.05) is 18.4 Å². The standard InChI is InChI=1S/C24H27N3O2/c28-23(20-6-2-1-3-7-20)18-25-17-15-19-9-11-22(12-10-19)27-24(29)14-13-21-8-4-5-16-26-21/h1-12,16,23,25,28H,13-15,17-18H2,(H,27,29). The van der Waals surface area contributed by atoms with Crippen LogP contribution in [0.1, 0.15) is 29.3 Å². The summed E-state index contributed by atoms with van der Waals surface area (Å²) in [6.45, 7) is 1.30. The zero-order valence-corrected chi connectivity index (χ0v) is 16.4. The lowest BCUT2D eigenvalue weighted by Crippen LogP contribution is -2.23. The van der Waals surface area contributed by atoms with Crippen molar-refractivity contribution in [3.63, 3.8) is 0 Å². The van der Waals surface area contributed by atoms with Gasteiger partial charge in [0.15, 0.2) is 0 Å². The summed E-state index contributed by atoms with van der Waals surface area (Å²) in [7, 11) is 0. The molecule has 1 amide bonds. The van der Waals surface area contributed by atoms with E-state index in [2.05, 4.69) is 15.6 Å². The van der Waals surface area contributed by atoms with Gasteiger partial charge in [-0.2, -0.15) is 0 Å². The topological polar surface area (TPSA) is 74.2 Å².